The van der Waals surface area contributed by atoms with Gasteiger partial charge in [0.15, 0.2) is 11.3 Å². The first-order valence-corrected chi connectivity index (χ1v) is 8.30. The van der Waals surface area contributed by atoms with Crippen LogP contribution in [0, 0.1) is 0 Å². The van der Waals surface area contributed by atoms with Crippen LogP contribution >= 0.6 is 0 Å². The van der Waals surface area contributed by atoms with Crippen molar-refractivity contribution in [1.29, 1.82) is 0 Å². The fourth-order valence-electron chi connectivity index (χ4n) is 3.10. The van der Waals surface area contributed by atoms with Crippen molar-refractivity contribution in [3.05, 3.63) is 60.2 Å². The average molecular weight is 367 g/mol. The van der Waals surface area contributed by atoms with Gasteiger partial charge in [-0.15, -0.1) is 0 Å². The Bertz CT molecular complexity index is 994. The van der Waals surface area contributed by atoms with Gasteiger partial charge >= 0.3 is 6.03 Å². The van der Waals surface area contributed by atoms with E-state index in [2.05, 4.69) is 10.5 Å². The number of nitrogens with zero attached hydrogens (tertiary/aromatic N) is 2. The number of amides is 3. The van der Waals surface area contributed by atoms with Gasteiger partial charge in [-0.1, -0.05) is 17.3 Å². The number of carbonyl (C=O) groups excluding carboxylic acids is 2. The fraction of sp³-hybridized carbons (Fsp3) is 0.211. The van der Waals surface area contributed by atoms with E-state index in [1.54, 1.807) is 32.2 Å². The molecular formula is C19H17N3O5. The highest BCUT2D eigenvalue weighted by Gasteiger charge is 2.51. The van der Waals surface area contributed by atoms with E-state index in [1.165, 1.54) is 6.26 Å². The van der Waals surface area contributed by atoms with Crippen molar-refractivity contribution < 1.29 is 23.3 Å². The first-order chi connectivity index (χ1) is 13.0. The Morgan fingerprint density at radius 1 is 1.22 bits per heavy atom. The summed E-state index contributed by atoms with van der Waals surface area (Å²) in [6.07, 6.45) is 1.46. The molecule has 8 heteroatoms. The number of hydrogen-bond donors (Lipinski definition) is 1. The molecule has 1 saturated heterocycles. The minimum atomic E-state index is -1.24. The van der Waals surface area contributed by atoms with Crippen LogP contribution in [0.3, 0.4) is 0 Å². The van der Waals surface area contributed by atoms with Gasteiger partial charge in [0, 0.05) is 11.6 Å². The maximum Gasteiger partial charge on any atom is 0.325 e. The Labute approximate surface area is 154 Å². The number of carbonyl (C=O) groups is 2. The molecule has 27 heavy (non-hydrogen) atoms. The van der Waals surface area contributed by atoms with Crippen molar-refractivity contribution in [2.45, 2.75) is 19.0 Å². The Hall–Kier alpha value is -3.55. The van der Waals surface area contributed by atoms with Gasteiger partial charge in [-0.3, -0.25) is 9.69 Å². The largest absolute Gasteiger partial charge is 0.496 e. The van der Waals surface area contributed by atoms with E-state index in [-0.39, 0.29) is 6.54 Å². The second-order valence-electron chi connectivity index (χ2n) is 6.30. The molecule has 1 unspecified atom stereocenters. The monoisotopic (exact) mass is 367 g/mol. The number of benzene rings is 1. The minimum absolute atomic E-state index is 0.0386. The first kappa shape index (κ1) is 16.9. The standard InChI is InChI=1S/C19H17N3O5/c1-19(16-8-5-9-26-16)17(23)22(18(24)20-19)11-12-10-14(21-27-12)13-6-3-4-7-15(13)25-2/h3-10H,11H2,1-2H3,(H,20,24). The van der Waals surface area contributed by atoms with E-state index in [0.717, 1.165) is 10.5 Å². The lowest BCUT2D eigenvalue weighted by molar-refractivity contribution is -0.132. The van der Waals surface area contributed by atoms with Crippen LogP contribution in [-0.2, 0) is 16.9 Å². The maximum atomic E-state index is 12.8. The van der Waals surface area contributed by atoms with Crippen molar-refractivity contribution in [1.82, 2.24) is 15.4 Å². The third-order valence-electron chi connectivity index (χ3n) is 4.54. The Morgan fingerprint density at radius 3 is 2.78 bits per heavy atom. The maximum absolute atomic E-state index is 12.8. The molecule has 1 aliphatic rings. The molecule has 1 aliphatic heterocycles. The number of aromatic nitrogens is 1. The molecule has 1 fully saturated rings. The zero-order valence-electron chi connectivity index (χ0n) is 14.8. The normalized spacial score (nSPS) is 19.4. The molecule has 0 spiro atoms. The lowest BCUT2D eigenvalue weighted by atomic mass is 9.99. The summed E-state index contributed by atoms with van der Waals surface area (Å²) >= 11 is 0. The van der Waals surface area contributed by atoms with Crippen LogP contribution in [0.5, 0.6) is 5.75 Å². The summed E-state index contributed by atoms with van der Waals surface area (Å²) in [6, 6.07) is 11.9. The molecule has 3 amide bonds. The predicted molar refractivity (Wildman–Crippen MR) is 93.6 cm³/mol. The highest BCUT2D eigenvalue weighted by atomic mass is 16.5. The van der Waals surface area contributed by atoms with Crippen LogP contribution < -0.4 is 10.1 Å². The minimum Gasteiger partial charge on any atom is -0.496 e. The number of furan rings is 1. The van der Waals surface area contributed by atoms with E-state index in [9.17, 15) is 9.59 Å². The summed E-state index contributed by atoms with van der Waals surface area (Å²) in [5.41, 5.74) is 0.0717. The predicted octanol–water partition coefficient (Wildman–Crippen LogP) is 2.91. The highest BCUT2D eigenvalue weighted by Crippen LogP contribution is 2.32. The number of para-hydroxylation sites is 1. The van der Waals surface area contributed by atoms with Gasteiger partial charge in [0.25, 0.3) is 5.91 Å². The number of rotatable bonds is 5. The van der Waals surface area contributed by atoms with Crippen LogP contribution in [-0.4, -0.2) is 29.1 Å². The van der Waals surface area contributed by atoms with Gasteiger partial charge in [0.05, 0.1) is 19.9 Å². The summed E-state index contributed by atoms with van der Waals surface area (Å²) in [4.78, 5) is 26.2. The van der Waals surface area contributed by atoms with Gasteiger partial charge in [-0.05, 0) is 31.2 Å². The van der Waals surface area contributed by atoms with E-state index in [0.29, 0.717) is 23.0 Å². The molecule has 0 radical (unpaired) electrons. The lowest BCUT2D eigenvalue weighted by Gasteiger charge is -2.18. The molecule has 138 valence electrons. The lowest BCUT2D eigenvalue weighted by Crippen LogP contribution is -2.40. The molecule has 3 heterocycles. The van der Waals surface area contributed by atoms with Gasteiger partial charge in [0.1, 0.15) is 17.2 Å². The number of imide groups is 1. The van der Waals surface area contributed by atoms with Gasteiger partial charge < -0.3 is 19.0 Å². The topological polar surface area (TPSA) is 97.8 Å². The van der Waals surface area contributed by atoms with Crippen molar-refractivity contribution in [3.8, 4) is 17.0 Å². The molecule has 0 aliphatic carbocycles. The molecule has 1 aromatic carbocycles. The smallest absolute Gasteiger partial charge is 0.325 e. The van der Waals surface area contributed by atoms with E-state index >= 15 is 0 Å². The molecule has 1 atom stereocenters. The van der Waals surface area contributed by atoms with E-state index < -0.39 is 17.5 Å². The molecule has 1 N–H and O–H groups in total. The first-order valence-electron chi connectivity index (χ1n) is 8.30. The molecular weight excluding hydrogens is 350 g/mol. The number of ether oxygens (including phenoxy) is 1. The SMILES string of the molecule is COc1ccccc1-c1cc(CN2C(=O)NC(C)(c3ccco3)C2=O)on1. The molecule has 2 aromatic heterocycles. The summed E-state index contributed by atoms with van der Waals surface area (Å²) < 4.78 is 16.0. The number of hydrogen-bond acceptors (Lipinski definition) is 6. The quantitative estimate of drug-likeness (QED) is 0.696. The van der Waals surface area contributed by atoms with E-state index in [1.807, 2.05) is 24.3 Å². The van der Waals surface area contributed by atoms with Crippen LogP contribution in [0.15, 0.2) is 57.7 Å². The summed E-state index contributed by atoms with van der Waals surface area (Å²) in [5, 5.41) is 6.70. The highest BCUT2D eigenvalue weighted by molar-refractivity contribution is 6.06. The molecule has 0 bridgehead atoms. The summed E-state index contributed by atoms with van der Waals surface area (Å²) in [7, 11) is 1.57. The third kappa shape index (κ3) is 2.75. The Kier molecular flexibility index (Phi) is 3.95. The molecule has 4 rings (SSSR count). The molecule has 3 aromatic rings. The van der Waals surface area contributed by atoms with Crippen LogP contribution in [0.4, 0.5) is 4.79 Å². The zero-order chi connectivity index (χ0) is 19.0. The van der Waals surface area contributed by atoms with Crippen molar-refractivity contribution in [2.24, 2.45) is 0 Å². The Morgan fingerprint density at radius 2 is 2.04 bits per heavy atom. The zero-order valence-corrected chi connectivity index (χ0v) is 14.8. The van der Waals surface area contributed by atoms with Gasteiger partial charge in [-0.25, -0.2) is 4.79 Å². The van der Waals surface area contributed by atoms with Crippen molar-refractivity contribution >= 4 is 11.9 Å². The fourth-order valence-corrected chi connectivity index (χ4v) is 3.10. The second kappa shape index (κ2) is 6.31. The van der Waals surface area contributed by atoms with E-state index in [4.69, 9.17) is 13.7 Å². The van der Waals surface area contributed by atoms with Crippen LogP contribution in [0.25, 0.3) is 11.3 Å². The van der Waals surface area contributed by atoms with Crippen LogP contribution in [0.1, 0.15) is 18.4 Å². The third-order valence-corrected chi connectivity index (χ3v) is 4.54. The Balaban J connectivity index is 1.58. The van der Waals surface area contributed by atoms with Gasteiger partial charge in [-0.2, -0.15) is 0 Å². The van der Waals surface area contributed by atoms with Crippen molar-refractivity contribution in [3.63, 3.8) is 0 Å². The summed E-state index contributed by atoms with van der Waals surface area (Å²) in [6.45, 7) is 1.57. The second-order valence-corrected chi connectivity index (χ2v) is 6.30. The van der Waals surface area contributed by atoms with Crippen molar-refractivity contribution in [2.75, 3.05) is 7.11 Å². The number of nitrogens with one attached hydrogen (secondary N) is 1. The average Bonchev–Trinajstić information content (AvgIpc) is 3.40. The molecule has 8 nitrogen and oxygen atoms in total. The number of urea groups is 1. The number of methoxy groups -OCH3 is 1. The van der Waals surface area contributed by atoms with Crippen LogP contribution in [0.2, 0.25) is 0 Å². The summed E-state index contributed by atoms with van der Waals surface area (Å²) in [5.74, 6) is 0.981. The van der Waals surface area contributed by atoms with Gasteiger partial charge in [0.2, 0.25) is 0 Å². The molecule has 0 saturated carbocycles.